The Balaban J connectivity index is 1.39. The van der Waals surface area contributed by atoms with Crippen LogP contribution in [0.15, 0.2) is 53.1 Å². The molecule has 4 heterocycles. The Morgan fingerprint density at radius 3 is 2.87 bits per heavy atom. The maximum Gasteiger partial charge on any atom is 0.240 e. The molecular formula is C23H23N5O3. The molecule has 1 aromatic carbocycles. The number of aryl methyl sites for hydroxylation is 3. The average Bonchev–Trinajstić information content (AvgIpc) is 3.46. The van der Waals surface area contributed by atoms with Crippen LogP contribution >= 0.6 is 0 Å². The van der Waals surface area contributed by atoms with Crippen molar-refractivity contribution in [2.75, 3.05) is 11.4 Å². The summed E-state index contributed by atoms with van der Waals surface area (Å²) in [6.07, 6.45) is 2.36. The number of furan rings is 1. The van der Waals surface area contributed by atoms with Crippen LogP contribution < -0.4 is 10.2 Å². The smallest absolute Gasteiger partial charge is 0.240 e. The van der Waals surface area contributed by atoms with E-state index in [0.717, 1.165) is 27.9 Å². The van der Waals surface area contributed by atoms with Gasteiger partial charge in [0.2, 0.25) is 11.8 Å². The predicted octanol–water partition coefficient (Wildman–Crippen LogP) is 3.00. The predicted molar refractivity (Wildman–Crippen MR) is 116 cm³/mol. The summed E-state index contributed by atoms with van der Waals surface area (Å²) in [5.41, 5.74) is 2.91. The van der Waals surface area contributed by atoms with E-state index in [4.69, 9.17) is 9.52 Å². The number of nitrogens with zero attached hydrogens (tertiary/aromatic N) is 4. The van der Waals surface area contributed by atoms with Gasteiger partial charge in [0.25, 0.3) is 0 Å². The molecule has 3 aromatic heterocycles. The first-order valence-electron chi connectivity index (χ1n) is 10.2. The number of rotatable bonds is 5. The van der Waals surface area contributed by atoms with Gasteiger partial charge in [0.05, 0.1) is 18.8 Å². The Kier molecular flexibility index (Phi) is 4.62. The minimum atomic E-state index is -0.247. The van der Waals surface area contributed by atoms with Crippen molar-refractivity contribution in [3.05, 3.63) is 60.2 Å². The van der Waals surface area contributed by atoms with Crippen molar-refractivity contribution in [1.29, 1.82) is 0 Å². The molecule has 0 radical (unpaired) electrons. The molecule has 31 heavy (non-hydrogen) atoms. The normalized spacial score (nSPS) is 13.6. The van der Waals surface area contributed by atoms with Gasteiger partial charge in [-0.1, -0.05) is 18.2 Å². The Morgan fingerprint density at radius 2 is 2.06 bits per heavy atom. The molecule has 4 aromatic rings. The Hall–Kier alpha value is -3.81. The van der Waals surface area contributed by atoms with Gasteiger partial charge < -0.3 is 14.3 Å². The van der Waals surface area contributed by atoms with E-state index in [1.165, 1.54) is 4.90 Å². The fourth-order valence-corrected chi connectivity index (χ4v) is 4.06. The topological polar surface area (TPSA) is 85.3 Å². The van der Waals surface area contributed by atoms with Gasteiger partial charge in [0.15, 0.2) is 0 Å². The van der Waals surface area contributed by atoms with Crippen molar-refractivity contribution < 1.29 is 14.0 Å². The zero-order valence-electron chi connectivity index (χ0n) is 17.5. The molecule has 158 valence electrons. The van der Waals surface area contributed by atoms with Gasteiger partial charge in [0, 0.05) is 42.2 Å². The second-order valence-corrected chi connectivity index (χ2v) is 7.80. The summed E-state index contributed by atoms with van der Waals surface area (Å²) in [6.45, 7) is 2.59. The summed E-state index contributed by atoms with van der Waals surface area (Å²) in [7, 11) is 2.00. The molecule has 1 aliphatic rings. The molecular weight excluding hydrogens is 394 g/mol. The number of amides is 2. The number of fused-ring (bicyclic) bond motifs is 2. The number of hydrogen-bond donors (Lipinski definition) is 1. The quantitative estimate of drug-likeness (QED) is 0.541. The third-order valence-corrected chi connectivity index (χ3v) is 5.60. The number of hydrogen-bond acceptors (Lipinski definition) is 4. The van der Waals surface area contributed by atoms with Gasteiger partial charge >= 0.3 is 0 Å². The van der Waals surface area contributed by atoms with Crippen molar-refractivity contribution in [2.24, 2.45) is 7.05 Å². The average molecular weight is 417 g/mol. The van der Waals surface area contributed by atoms with Gasteiger partial charge in [0.1, 0.15) is 23.9 Å². The summed E-state index contributed by atoms with van der Waals surface area (Å²) in [5.74, 6) is 1.78. The van der Waals surface area contributed by atoms with Crippen LogP contribution in [0.5, 0.6) is 0 Å². The van der Waals surface area contributed by atoms with E-state index < -0.39 is 0 Å². The van der Waals surface area contributed by atoms with E-state index in [-0.39, 0.29) is 24.9 Å². The highest BCUT2D eigenvalue weighted by Gasteiger charge is 2.28. The largest absolute Gasteiger partial charge is 0.465 e. The minimum Gasteiger partial charge on any atom is -0.465 e. The minimum absolute atomic E-state index is 0.0564. The highest BCUT2D eigenvalue weighted by atomic mass is 16.3. The van der Waals surface area contributed by atoms with Crippen molar-refractivity contribution in [3.8, 4) is 11.3 Å². The molecule has 8 heteroatoms. The van der Waals surface area contributed by atoms with E-state index in [1.807, 2.05) is 55.2 Å². The van der Waals surface area contributed by atoms with Crippen LogP contribution in [0.1, 0.15) is 17.9 Å². The number of nitrogens with one attached hydrogen (secondary N) is 1. The second kappa shape index (κ2) is 7.46. The van der Waals surface area contributed by atoms with Crippen LogP contribution in [0.3, 0.4) is 0 Å². The van der Waals surface area contributed by atoms with Gasteiger partial charge in [-0.3, -0.25) is 14.5 Å². The lowest BCUT2D eigenvalue weighted by atomic mass is 10.1. The second-order valence-electron chi connectivity index (χ2n) is 7.80. The zero-order valence-corrected chi connectivity index (χ0v) is 17.5. The van der Waals surface area contributed by atoms with Crippen molar-refractivity contribution in [2.45, 2.75) is 26.4 Å². The van der Waals surface area contributed by atoms with Crippen LogP contribution in [-0.4, -0.2) is 32.7 Å². The summed E-state index contributed by atoms with van der Waals surface area (Å²) in [6, 6.07) is 13.7. The van der Waals surface area contributed by atoms with Crippen molar-refractivity contribution in [1.82, 2.24) is 19.7 Å². The van der Waals surface area contributed by atoms with Crippen LogP contribution in [0, 0.1) is 6.92 Å². The number of benzene rings is 1. The van der Waals surface area contributed by atoms with Crippen LogP contribution in [-0.2, 0) is 29.7 Å². The Bertz CT molecular complexity index is 1300. The highest BCUT2D eigenvalue weighted by Crippen LogP contribution is 2.33. The van der Waals surface area contributed by atoms with E-state index in [0.29, 0.717) is 24.5 Å². The standard InChI is InChI=1S/C23H23N5O3/c1-15-7-8-16(31-15)12-24-21(29)14-27-22-11-19(25-28(22)10-9-23(27)30)18-13-26(2)20-6-4-3-5-17(18)20/h3-8,11,13H,9-10,12,14H2,1-2H3,(H,24,29). The van der Waals surface area contributed by atoms with Crippen LogP contribution in [0.2, 0.25) is 0 Å². The SMILES string of the molecule is Cc1ccc(CNC(=O)CN2C(=O)CCn3nc(-c4cn(C)c5ccccc45)cc32)o1. The zero-order chi connectivity index (χ0) is 21.5. The van der Waals surface area contributed by atoms with Crippen LogP contribution in [0.4, 0.5) is 5.82 Å². The summed E-state index contributed by atoms with van der Waals surface area (Å²) >= 11 is 0. The fraction of sp³-hybridized carbons (Fsp3) is 0.261. The van der Waals surface area contributed by atoms with Crippen molar-refractivity contribution >= 4 is 28.5 Å². The molecule has 0 saturated heterocycles. The maximum atomic E-state index is 12.6. The van der Waals surface area contributed by atoms with E-state index in [9.17, 15) is 9.59 Å². The fourth-order valence-electron chi connectivity index (χ4n) is 4.06. The molecule has 0 unspecified atom stereocenters. The molecule has 0 atom stereocenters. The Labute approximate surface area is 179 Å². The highest BCUT2D eigenvalue weighted by molar-refractivity contribution is 6.00. The molecule has 2 amide bonds. The molecule has 0 aliphatic carbocycles. The number of carbonyl (C=O) groups excluding carboxylic acids is 2. The molecule has 1 aliphatic heterocycles. The summed E-state index contributed by atoms with van der Waals surface area (Å²) in [5, 5.41) is 8.65. The molecule has 0 fully saturated rings. The number of aromatic nitrogens is 3. The van der Waals surface area contributed by atoms with Crippen molar-refractivity contribution in [3.63, 3.8) is 0 Å². The van der Waals surface area contributed by atoms with Gasteiger partial charge in [-0.05, 0) is 25.1 Å². The first-order valence-corrected chi connectivity index (χ1v) is 10.2. The lowest BCUT2D eigenvalue weighted by molar-refractivity contribution is -0.124. The molecule has 5 rings (SSSR count). The van der Waals surface area contributed by atoms with E-state index in [2.05, 4.69) is 22.0 Å². The summed E-state index contributed by atoms with van der Waals surface area (Å²) < 4.78 is 9.35. The first kappa shape index (κ1) is 19.2. The Morgan fingerprint density at radius 1 is 1.23 bits per heavy atom. The van der Waals surface area contributed by atoms with Gasteiger partial charge in [-0.15, -0.1) is 0 Å². The number of para-hydroxylation sites is 1. The molecule has 0 bridgehead atoms. The van der Waals surface area contributed by atoms with Gasteiger partial charge in [-0.2, -0.15) is 5.10 Å². The summed E-state index contributed by atoms with van der Waals surface area (Å²) in [4.78, 5) is 26.6. The molecule has 1 N–H and O–H groups in total. The third-order valence-electron chi connectivity index (χ3n) is 5.60. The monoisotopic (exact) mass is 417 g/mol. The van der Waals surface area contributed by atoms with E-state index in [1.54, 1.807) is 0 Å². The third kappa shape index (κ3) is 3.50. The lowest BCUT2D eigenvalue weighted by Crippen LogP contribution is -2.44. The number of carbonyl (C=O) groups is 2. The van der Waals surface area contributed by atoms with Gasteiger partial charge in [-0.25, -0.2) is 4.68 Å². The number of anilines is 1. The lowest BCUT2D eigenvalue weighted by Gasteiger charge is -2.26. The molecule has 8 nitrogen and oxygen atoms in total. The molecule has 0 saturated carbocycles. The maximum absolute atomic E-state index is 12.6. The van der Waals surface area contributed by atoms with Crippen LogP contribution in [0.25, 0.3) is 22.2 Å². The molecule has 0 spiro atoms. The van der Waals surface area contributed by atoms with E-state index >= 15 is 0 Å². The first-order chi connectivity index (χ1) is 15.0.